The standard InChI is InChI=1S/C81H44N6S3/c1-43-30-32-44(33-31-43)72-61-41-46(35-38-63(61)83-81(86-72)75-53-20-5-2-17-49(53)68-51-19-4-7-22-55(51)78-70(76(68)84-75)57-24-10-14-28-65(57)89-78)45-34-37-52-60(40-45)79-71(58-25-11-15-29-66(58)90-79)77-69(52)50-18-3-6-21-54(50)74(85-77)80-82-62-26-12-8-23-56(62)73(87-80)47-36-39-67-59(42-47)48-16-9-13-27-64(48)88-67/h2-42H,1H3. The van der Waals surface area contributed by atoms with Crippen LogP contribution in [0.5, 0.6) is 0 Å². The van der Waals surface area contributed by atoms with Crippen LogP contribution in [-0.4, -0.2) is 29.9 Å². The first-order valence-corrected chi connectivity index (χ1v) is 32.7. The van der Waals surface area contributed by atoms with E-state index in [2.05, 4.69) is 256 Å². The van der Waals surface area contributed by atoms with Gasteiger partial charge in [0.2, 0.25) is 0 Å². The smallest absolute Gasteiger partial charge is 0.179 e. The fourth-order valence-electron chi connectivity index (χ4n) is 14.4. The summed E-state index contributed by atoms with van der Waals surface area (Å²) in [7, 11) is 0. The summed E-state index contributed by atoms with van der Waals surface area (Å²) in [6, 6.07) is 89.9. The van der Waals surface area contributed by atoms with Crippen LogP contribution in [-0.2, 0) is 0 Å². The minimum Gasteiger partial charge on any atom is -0.243 e. The van der Waals surface area contributed by atoms with Gasteiger partial charge in [-0.15, -0.1) is 34.0 Å². The van der Waals surface area contributed by atoms with E-state index in [4.69, 9.17) is 29.9 Å². The molecule has 0 saturated carbocycles. The molecule has 0 N–H and O–H groups in total. The van der Waals surface area contributed by atoms with Crippen molar-refractivity contribution in [2.45, 2.75) is 6.92 Å². The van der Waals surface area contributed by atoms with Crippen LogP contribution in [0.25, 0.3) is 204 Å². The minimum absolute atomic E-state index is 0.593. The molecule has 416 valence electrons. The molecule has 0 aliphatic rings. The van der Waals surface area contributed by atoms with Crippen molar-refractivity contribution in [3.63, 3.8) is 0 Å². The van der Waals surface area contributed by atoms with Gasteiger partial charge in [0.25, 0.3) is 0 Å². The molecule has 0 amide bonds. The van der Waals surface area contributed by atoms with E-state index in [1.165, 1.54) is 76.9 Å². The second kappa shape index (κ2) is 19.0. The van der Waals surface area contributed by atoms with Gasteiger partial charge in [-0.1, -0.05) is 200 Å². The number of benzene rings is 13. The monoisotopic (exact) mass is 1200 g/mol. The third kappa shape index (κ3) is 7.30. The molecule has 0 saturated heterocycles. The van der Waals surface area contributed by atoms with Gasteiger partial charge in [0.05, 0.1) is 33.5 Å². The van der Waals surface area contributed by atoms with Gasteiger partial charge in [0.1, 0.15) is 11.4 Å². The highest BCUT2D eigenvalue weighted by molar-refractivity contribution is 7.27. The van der Waals surface area contributed by atoms with Gasteiger partial charge in [-0.2, -0.15) is 0 Å². The summed E-state index contributed by atoms with van der Waals surface area (Å²) in [6.45, 7) is 2.13. The average molecular weight is 1200 g/mol. The predicted octanol–water partition coefficient (Wildman–Crippen LogP) is 23.0. The van der Waals surface area contributed by atoms with E-state index in [0.29, 0.717) is 11.6 Å². The largest absolute Gasteiger partial charge is 0.243 e. The zero-order chi connectivity index (χ0) is 58.9. The third-order valence-corrected chi connectivity index (χ3v) is 22.1. The van der Waals surface area contributed by atoms with Crippen molar-refractivity contribution >= 4 is 181 Å². The average Bonchev–Trinajstić information content (AvgIpc) is 1.37. The lowest BCUT2D eigenvalue weighted by molar-refractivity contribution is 1.20. The summed E-state index contributed by atoms with van der Waals surface area (Å²) in [4.78, 5) is 33.6. The number of aryl methyl sites for hydroxylation is 1. The first-order chi connectivity index (χ1) is 44.5. The molecule has 9 heteroatoms. The van der Waals surface area contributed by atoms with E-state index in [9.17, 15) is 0 Å². The third-order valence-electron chi connectivity index (χ3n) is 18.5. The second-order valence-electron chi connectivity index (χ2n) is 23.6. The minimum atomic E-state index is 0.593. The molecule has 0 atom stereocenters. The summed E-state index contributed by atoms with van der Waals surface area (Å²) < 4.78 is 7.42. The summed E-state index contributed by atoms with van der Waals surface area (Å²) >= 11 is 5.50. The Balaban J connectivity index is 0.791. The molecule has 0 aliphatic heterocycles. The molecule has 90 heavy (non-hydrogen) atoms. The second-order valence-corrected chi connectivity index (χ2v) is 26.8. The quantitative estimate of drug-likeness (QED) is 0.160. The normalized spacial score (nSPS) is 12.3. The van der Waals surface area contributed by atoms with Crippen molar-refractivity contribution in [3.05, 3.63) is 254 Å². The van der Waals surface area contributed by atoms with Crippen molar-refractivity contribution in [1.29, 1.82) is 0 Å². The molecular weight excluding hydrogens is 1150 g/mol. The van der Waals surface area contributed by atoms with Crippen LogP contribution in [0.4, 0.5) is 0 Å². The summed E-state index contributed by atoms with van der Waals surface area (Å²) in [5.41, 5.74) is 12.3. The maximum Gasteiger partial charge on any atom is 0.179 e. The van der Waals surface area contributed by atoms with Crippen molar-refractivity contribution in [2.24, 2.45) is 0 Å². The fourth-order valence-corrected chi connectivity index (χ4v) is 17.9. The zero-order valence-electron chi connectivity index (χ0n) is 48.1. The number of fused-ring (bicyclic) bond motifs is 25. The van der Waals surface area contributed by atoms with Crippen LogP contribution >= 0.6 is 34.0 Å². The number of thiophene rings is 3. The molecule has 0 radical (unpaired) electrons. The van der Waals surface area contributed by atoms with Crippen LogP contribution < -0.4 is 0 Å². The lowest BCUT2D eigenvalue weighted by Crippen LogP contribution is -1.99. The Labute approximate surface area is 525 Å². The number of para-hydroxylation sites is 1. The SMILES string of the molecule is Cc1ccc(-c2nc(-c3nc4c(c5ccccc35)c3ccccc3c3sc5ccccc5c43)nc3ccc(-c4ccc5c(c4)c4sc6ccccc6c4c4nc(-c6nc(-c7ccc8sc9ccccc9c8c7)c7ccccc7n6)c6ccccc6c54)cc23)cc1. The maximum absolute atomic E-state index is 5.82. The van der Waals surface area contributed by atoms with E-state index in [1.807, 2.05) is 34.0 Å². The van der Waals surface area contributed by atoms with Gasteiger partial charge >= 0.3 is 0 Å². The van der Waals surface area contributed by atoms with Gasteiger partial charge < -0.3 is 0 Å². The molecule has 20 aromatic rings. The van der Waals surface area contributed by atoms with Crippen LogP contribution in [0.15, 0.2) is 249 Å². The Morgan fingerprint density at radius 2 is 0.644 bits per heavy atom. The van der Waals surface area contributed by atoms with Crippen molar-refractivity contribution in [3.8, 4) is 56.7 Å². The highest BCUT2D eigenvalue weighted by atomic mass is 32.1. The van der Waals surface area contributed by atoms with Crippen LogP contribution in [0.2, 0.25) is 0 Å². The summed E-state index contributed by atoms with van der Waals surface area (Å²) in [5, 5.41) is 20.4. The van der Waals surface area contributed by atoms with Gasteiger partial charge in [-0.25, -0.2) is 29.9 Å². The Bertz CT molecular complexity index is 6560. The molecule has 0 bridgehead atoms. The lowest BCUT2D eigenvalue weighted by atomic mass is 9.92. The number of aromatic nitrogens is 6. The molecule has 13 aromatic carbocycles. The first-order valence-electron chi connectivity index (χ1n) is 30.2. The number of pyridine rings is 2. The fraction of sp³-hybridized carbons (Fsp3) is 0.0123. The Kier molecular flexibility index (Phi) is 10.6. The molecule has 6 nitrogen and oxygen atoms in total. The highest BCUT2D eigenvalue weighted by Crippen LogP contribution is 2.50. The van der Waals surface area contributed by atoms with Crippen molar-refractivity contribution < 1.29 is 0 Å². The maximum atomic E-state index is 5.82. The Morgan fingerprint density at radius 1 is 0.233 bits per heavy atom. The first kappa shape index (κ1) is 50.1. The number of nitrogens with zero attached hydrogens (tertiary/aromatic N) is 6. The molecule has 7 heterocycles. The van der Waals surface area contributed by atoms with Crippen molar-refractivity contribution in [2.75, 3.05) is 0 Å². The number of hydrogen-bond donors (Lipinski definition) is 0. The lowest BCUT2D eigenvalue weighted by Gasteiger charge is -2.16. The van der Waals surface area contributed by atoms with E-state index < -0.39 is 0 Å². The molecule has 0 spiro atoms. The topological polar surface area (TPSA) is 77.3 Å². The number of hydrogen-bond acceptors (Lipinski definition) is 9. The molecular formula is C81H44N6S3. The van der Waals surface area contributed by atoms with E-state index in [1.54, 1.807) is 0 Å². The van der Waals surface area contributed by atoms with Crippen molar-refractivity contribution in [1.82, 2.24) is 29.9 Å². The number of rotatable bonds is 5. The molecule has 0 aliphatic carbocycles. The Morgan fingerprint density at radius 3 is 1.27 bits per heavy atom. The van der Waals surface area contributed by atoms with E-state index >= 15 is 0 Å². The summed E-state index contributed by atoms with van der Waals surface area (Å²) in [5.74, 6) is 1.19. The van der Waals surface area contributed by atoms with Crippen LogP contribution in [0, 0.1) is 6.92 Å². The van der Waals surface area contributed by atoms with Gasteiger partial charge in [0, 0.05) is 115 Å². The van der Waals surface area contributed by atoms with Gasteiger partial charge in [0.15, 0.2) is 11.6 Å². The highest BCUT2D eigenvalue weighted by Gasteiger charge is 2.25. The zero-order valence-corrected chi connectivity index (χ0v) is 50.5. The molecule has 20 rings (SSSR count). The summed E-state index contributed by atoms with van der Waals surface area (Å²) in [6.07, 6.45) is 0. The van der Waals surface area contributed by atoms with Crippen LogP contribution in [0.1, 0.15) is 5.56 Å². The van der Waals surface area contributed by atoms with E-state index in [-0.39, 0.29) is 0 Å². The predicted molar refractivity (Wildman–Crippen MR) is 384 cm³/mol. The molecule has 7 aromatic heterocycles. The Hall–Kier alpha value is -10.9. The van der Waals surface area contributed by atoms with Crippen LogP contribution in [0.3, 0.4) is 0 Å². The van der Waals surface area contributed by atoms with Gasteiger partial charge in [-0.3, -0.25) is 0 Å². The molecule has 0 unspecified atom stereocenters. The molecule has 0 fully saturated rings. The van der Waals surface area contributed by atoms with Gasteiger partial charge in [-0.05, 0) is 94.2 Å². The van der Waals surface area contributed by atoms with E-state index in [0.717, 1.165) is 121 Å².